The molecule has 0 saturated heterocycles. The molecule has 0 fully saturated rings. The largest absolute Gasteiger partial charge is 0.456 e. The lowest BCUT2D eigenvalue weighted by Gasteiger charge is -2.45. The van der Waals surface area contributed by atoms with Crippen LogP contribution in [0.4, 0.5) is 34.1 Å². The summed E-state index contributed by atoms with van der Waals surface area (Å²) in [6, 6.07) is 70.4. The quantitative estimate of drug-likeness (QED) is 0.187. The van der Waals surface area contributed by atoms with Crippen LogP contribution in [0.2, 0.25) is 0 Å². The maximum atomic E-state index is 6.25. The summed E-state index contributed by atoms with van der Waals surface area (Å²) in [5.41, 5.74) is 15.8. The fourth-order valence-electron chi connectivity index (χ4n) is 8.97. The van der Waals surface area contributed by atoms with Gasteiger partial charge in [-0.2, -0.15) is 0 Å². The monoisotopic (exact) mass is 664 g/mol. The number of furan rings is 1. The lowest BCUT2D eigenvalue weighted by molar-refractivity contribution is 0.669. The number of anilines is 6. The van der Waals surface area contributed by atoms with Crippen molar-refractivity contribution in [3.05, 3.63) is 216 Å². The van der Waals surface area contributed by atoms with Crippen LogP contribution in [-0.2, 0) is 5.41 Å². The van der Waals surface area contributed by atoms with E-state index in [4.69, 9.17) is 4.42 Å². The first-order valence-electron chi connectivity index (χ1n) is 17.9. The second-order valence-electron chi connectivity index (χ2n) is 13.7. The molecule has 1 spiro atoms. The topological polar surface area (TPSA) is 19.6 Å². The minimum absolute atomic E-state index is 0.534. The molecule has 3 heteroatoms. The molecule has 0 amide bonds. The highest BCUT2D eigenvalue weighted by atomic mass is 16.3. The van der Waals surface area contributed by atoms with E-state index in [1.165, 1.54) is 44.8 Å². The Balaban J connectivity index is 1.20. The van der Waals surface area contributed by atoms with Gasteiger partial charge in [-0.3, -0.25) is 0 Å². The molecule has 11 rings (SSSR count). The second-order valence-corrected chi connectivity index (χ2v) is 13.7. The van der Waals surface area contributed by atoms with Crippen LogP contribution < -0.4 is 9.80 Å². The van der Waals surface area contributed by atoms with Gasteiger partial charge in [-0.1, -0.05) is 121 Å². The maximum Gasteiger partial charge on any atom is 0.135 e. The SMILES string of the molecule is c1ccc(N(c2ccc3c(c2)C2(c4ccccc4-3)c3ccccc3N(c3ccccc3)c3ccccc32)c2ccc3oc4ccccc4c3c2)cc1. The van der Waals surface area contributed by atoms with E-state index in [2.05, 4.69) is 192 Å². The van der Waals surface area contributed by atoms with Crippen LogP contribution in [0.3, 0.4) is 0 Å². The zero-order valence-electron chi connectivity index (χ0n) is 28.3. The molecule has 1 aliphatic heterocycles. The van der Waals surface area contributed by atoms with Gasteiger partial charge < -0.3 is 14.2 Å². The van der Waals surface area contributed by atoms with Crippen LogP contribution in [0.5, 0.6) is 0 Å². The Hall–Kier alpha value is -6.84. The third-order valence-corrected chi connectivity index (χ3v) is 11.0. The molecule has 2 heterocycles. The summed E-state index contributed by atoms with van der Waals surface area (Å²) < 4.78 is 6.25. The Bertz CT molecular complexity index is 2770. The van der Waals surface area contributed by atoms with Gasteiger partial charge in [0.05, 0.1) is 16.8 Å². The van der Waals surface area contributed by atoms with Crippen molar-refractivity contribution in [3.8, 4) is 11.1 Å². The van der Waals surface area contributed by atoms with Crippen LogP contribution >= 0.6 is 0 Å². The van der Waals surface area contributed by atoms with Crippen molar-refractivity contribution >= 4 is 56.1 Å². The molecule has 244 valence electrons. The predicted molar refractivity (Wildman–Crippen MR) is 214 cm³/mol. The zero-order chi connectivity index (χ0) is 34.2. The van der Waals surface area contributed by atoms with Crippen LogP contribution in [0.15, 0.2) is 199 Å². The van der Waals surface area contributed by atoms with Gasteiger partial charge in [0.25, 0.3) is 0 Å². The standard InChI is InChI=1S/C49H32N2O/c1-3-15-33(16-4-1)50(35-28-30-48-40(31-35)39-20-8-14-26-47(39)52-48)36-27-29-38-37-19-7-9-21-41(37)49(44(38)32-36)42-22-10-12-24-45(42)51(34-17-5-2-6-18-34)46-25-13-11-23-43(46)49/h1-32H. The predicted octanol–water partition coefficient (Wildman–Crippen LogP) is 13.2. The average Bonchev–Trinajstić information content (AvgIpc) is 3.72. The van der Waals surface area contributed by atoms with E-state index in [9.17, 15) is 0 Å². The van der Waals surface area contributed by atoms with Crippen molar-refractivity contribution in [2.24, 2.45) is 0 Å². The molecule has 1 aliphatic carbocycles. The highest BCUT2D eigenvalue weighted by Crippen LogP contribution is 2.63. The highest BCUT2D eigenvalue weighted by Gasteiger charge is 2.51. The van der Waals surface area contributed by atoms with E-state index in [1.54, 1.807) is 0 Å². The number of fused-ring (bicyclic) bond motifs is 12. The third-order valence-electron chi connectivity index (χ3n) is 11.0. The molecule has 0 radical (unpaired) electrons. The summed E-state index contributed by atoms with van der Waals surface area (Å²) in [6.45, 7) is 0. The van der Waals surface area contributed by atoms with Gasteiger partial charge in [0.1, 0.15) is 11.2 Å². The molecule has 0 atom stereocenters. The molecule has 0 unspecified atom stereocenters. The van der Waals surface area contributed by atoms with Crippen molar-refractivity contribution in [1.82, 2.24) is 0 Å². The fourth-order valence-corrected chi connectivity index (χ4v) is 8.97. The number of rotatable bonds is 4. The Morgan fingerprint density at radius 1 is 0.385 bits per heavy atom. The Labute approximate surface area is 302 Å². The van der Waals surface area contributed by atoms with Crippen molar-refractivity contribution in [3.63, 3.8) is 0 Å². The molecule has 0 bridgehead atoms. The first-order chi connectivity index (χ1) is 25.8. The van der Waals surface area contributed by atoms with Crippen LogP contribution in [0.25, 0.3) is 33.1 Å². The van der Waals surface area contributed by atoms with Gasteiger partial charge in [-0.15, -0.1) is 0 Å². The van der Waals surface area contributed by atoms with E-state index >= 15 is 0 Å². The molecule has 2 aliphatic rings. The van der Waals surface area contributed by atoms with Crippen LogP contribution in [0.1, 0.15) is 22.3 Å². The van der Waals surface area contributed by atoms with Crippen LogP contribution in [-0.4, -0.2) is 0 Å². The van der Waals surface area contributed by atoms with Gasteiger partial charge in [-0.05, 0) is 106 Å². The van der Waals surface area contributed by atoms with E-state index in [1.807, 2.05) is 12.1 Å². The fraction of sp³-hybridized carbons (Fsp3) is 0.0204. The van der Waals surface area contributed by atoms with Crippen molar-refractivity contribution < 1.29 is 4.42 Å². The normalized spacial score (nSPS) is 13.5. The van der Waals surface area contributed by atoms with Crippen molar-refractivity contribution in [2.45, 2.75) is 5.41 Å². The van der Waals surface area contributed by atoms with Crippen molar-refractivity contribution in [1.29, 1.82) is 0 Å². The summed E-state index contributed by atoms with van der Waals surface area (Å²) in [5.74, 6) is 0. The maximum absolute atomic E-state index is 6.25. The summed E-state index contributed by atoms with van der Waals surface area (Å²) in [4.78, 5) is 4.82. The number of hydrogen-bond donors (Lipinski definition) is 0. The lowest BCUT2D eigenvalue weighted by Crippen LogP contribution is -2.36. The summed E-state index contributed by atoms with van der Waals surface area (Å²) in [7, 11) is 0. The summed E-state index contributed by atoms with van der Waals surface area (Å²) in [5, 5.41) is 2.23. The minimum atomic E-state index is -0.534. The third kappa shape index (κ3) is 3.96. The van der Waals surface area contributed by atoms with Gasteiger partial charge in [0.15, 0.2) is 0 Å². The molecular formula is C49H32N2O. The molecule has 1 aromatic heterocycles. The Morgan fingerprint density at radius 2 is 0.942 bits per heavy atom. The number of hydrogen-bond acceptors (Lipinski definition) is 3. The van der Waals surface area contributed by atoms with E-state index in [-0.39, 0.29) is 0 Å². The van der Waals surface area contributed by atoms with Gasteiger partial charge in [0.2, 0.25) is 0 Å². The first kappa shape index (κ1) is 28.9. The molecule has 3 nitrogen and oxygen atoms in total. The number of benzene rings is 8. The molecule has 8 aromatic carbocycles. The second kappa shape index (κ2) is 11.1. The summed E-state index contributed by atoms with van der Waals surface area (Å²) in [6.07, 6.45) is 0. The van der Waals surface area contributed by atoms with E-state index in [0.717, 1.165) is 44.7 Å². The molecule has 9 aromatic rings. The van der Waals surface area contributed by atoms with Gasteiger partial charge in [0, 0.05) is 33.5 Å². The molecular weight excluding hydrogens is 633 g/mol. The smallest absolute Gasteiger partial charge is 0.135 e. The Kier molecular flexibility index (Phi) is 6.17. The summed E-state index contributed by atoms with van der Waals surface area (Å²) >= 11 is 0. The number of para-hydroxylation sites is 5. The minimum Gasteiger partial charge on any atom is -0.456 e. The molecule has 52 heavy (non-hydrogen) atoms. The lowest BCUT2D eigenvalue weighted by atomic mass is 9.64. The molecule has 0 saturated carbocycles. The Morgan fingerprint density at radius 3 is 1.71 bits per heavy atom. The van der Waals surface area contributed by atoms with Crippen LogP contribution in [0, 0.1) is 0 Å². The zero-order valence-corrected chi connectivity index (χ0v) is 28.3. The first-order valence-corrected chi connectivity index (χ1v) is 17.9. The van der Waals surface area contributed by atoms with Gasteiger partial charge >= 0.3 is 0 Å². The van der Waals surface area contributed by atoms with Crippen molar-refractivity contribution in [2.75, 3.05) is 9.80 Å². The average molecular weight is 665 g/mol. The van der Waals surface area contributed by atoms with Gasteiger partial charge in [-0.25, -0.2) is 0 Å². The van der Waals surface area contributed by atoms with E-state index < -0.39 is 5.41 Å². The van der Waals surface area contributed by atoms with E-state index in [0.29, 0.717) is 0 Å². The number of nitrogens with zero attached hydrogens (tertiary/aromatic N) is 2. The molecule has 0 N–H and O–H groups in total. The highest BCUT2D eigenvalue weighted by molar-refractivity contribution is 6.06.